The van der Waals surface area contributed by atoms with Gasteiger partial charge in [0.25, 0.3) is 5.69 Å². The molecule has 3 rings (SSSR count). The fourth-order valence-corrected chi connectivity index (χ4v) is 2.49. The fourth-order valence-electron chi connectivity index (χ4n) is 2.49. The molecule has 7 heteroatoms. The SMILES string of the molecule is O=[N+]([O-])c1ccc(-c2n[nH]nc2N2CCCCC2)cc1. The number of aromatic amines is 1. The molecule has 0 spiro atoms. The largest absolute Gasteiger partial charge is 0.353 e. The zero-order valence-corrected chi connectivity index (χ0v) is 11.0. The van der Waals surface area contributed by atoms with Gasteiger partial charge in [-0.15, -0.1) is 5.10 Å². The molecule has 1 saturated heterocycles. The molecule has 0 unspecified atom stereocenters. The lowest BCUT2D eigenvalue weighted by Gasteiger charge is -2.26. The average Bonchev–Trinajstić information content (AvgIpc) is 2.97. The van der Waals surface area contributed by atoms with Crippen molar-refractivity contribution in [3.63, 3.8) is 0 Å². The second-order valence-electron chi connectivity index (χ2n) is 4.85. The van der Waals surface area contributed by atoms with E-state index in [1.807, 2.05) is 0 Å². The van der Waals surface area contributed by atoms with Gasteiger partial charge in [-0.1, -0.05) is 0 Å². The summed E-state index contributed by atoms with van der Waals surface area (Å²) in [6.45, 7) is 1.96. The number of rotatable bonds is 3. The van der Waals surface area contributed by atoms with E-state index in [2.05, 4.69) is 20.3 Å². The van der Waals surface area contributed by atoms with E-state index < -0.39 is 4.92 Å². The summed E-state index contributed by atoms with van der Waals surface area (Å²) in [5.74, 6) is 0.832. The third-order valence-electron chi connectivity index (χ3n) is 3.54. The van der Waals surface area contributed by atoms with Crippen LogP contribution in [0.3, 0.4) is 0 Å². The first-order valence-corrected chi connectivity index (χ1v) is 6.66. The van der Waals surface area contributed by atoms with Gasteiger partial charge in [-0.2, -0.15) is 10.3 Å². The Labute approximate surface area is 115 Å². The molecule has 1 aliphatic rings. The van der Waals surface area contributed by atoms with Crippen molar-refractivity contribution < 1.29 is 4.92 Å². The summed E-state index contributed by atoms with van der Waals surface area (Å²) in [4.78, 5) is 12.5. The lowest BCUT2D eigenvalue weighted by Crippen LogP contribution is -2.30. The van der Waals surface area contributed by atoms with E-state index in [-0.39, 0.29) is 5.69 Å². The first kappa shape index (κ1) is 12.6. The number of nitrogens with zero attached hydrogens (tertiary/aromatic N) is 4. The number of non-ortho nitro benzene ring substituents is 1. The van der Waals surface area contributed by atoms with Gasteiger partial charge in [0.2, 0.25) is 0 Å². The van der Waals surface area contributed by atoms with Gasteiger partial charge < -0.3 is 4.90 Å². The van der Waals surface area contributed by atoms with Crippen LogP contribution < -0.4 is 4.90 Å². The van der Waals surface area contributed by atoms with E-state index >= 15 is 0 Å². The molecule has 2 aromatic rings. The molecule has 0 saturated carbocycles. The predicted octanol–water partition coefficient (Wildman–Crippen LogP) is 2.37. The highest BCUT2D eigenvalue weighted by molar-refractivity contribution is 5.72. The first-order chi connectivity index (χ1) is 9.75. The van der Waals surface area contributed by atoms with Crippen LogP contribution in [0.2, 0.25) is 0 Å². The molecule has 20 heavy (non-hydrogen) atoms. The average molecular weight is 273 g/mol. The minimum Gasteiger partial charge on any atom is -0.353 e. The minimum atomic E-state index is -0.405. The summed E-state index contributed by atoms with van der Waals surface area (Å²) in [5.41, 5.74) is 1.67. The van der Waals surface area contributed by atoms with Gasteiger partial charge in [0, 0.05) is 30.8 Å². The Kier molecular flexibility index (Phi) is 3.32. The lowest BCUT2D eigenvalue weighted by atomic mass is 10.1. The summed E-state index contributed by atoms with van der Waals surface area (Å²) in [6, 6.07) is 6.40. The number of anilines is 1. The topological polar surface area (TPSA) is 87.9 Å². The summed E-state index contributed by atoms with van der Waals surface area (Å²) in [7, 11) is 0. The Hall–Kier alpha value is -2.44. The normalized spacial score (nSPS) is 15.3. The molecule has 1 aliphatic heterocycles. The first-order valence-electron chi connectivity index (χ1n) is 6.66. The Morgan fingerprint density at radius 2 is 1.80 bits per heavy atom. The second kappa shape index (κ2) is 5.28. The van der Waals surface area contributed by atoms with Crippen LogP contribution in [0.4, 0.5) is 11.5 Å². The quantitative estimate of drug-likeness (QED) is 0.685. The summed E-state index contributed by atoms with van der Waals surface area (Å²) < 4.78 is 0. The Morgan fingerprint density at radius 1 is 1.10 bits per heavy atom. The van der Waals surface area contributed by atoms with E-state index in [1.54, 1.807) is 12.1 Å². The summed E-state index contributed by atoms with van der Waals surface area (Å²) in [5, 5.41) is 21.8. The standard InChI is InChI=1S/C13H15N5O2/c19-18(20)11-6-4-10(5-7-11)12-13(15-16-14-12)17-8-2-1-3-9-17/h4-7H,1-3,8-9H2,(H,14,15,16). The molecule has 2 heterocycles. The summed E-state index contributed by atoms with van der Waals surface area (Å²) in [6.07, 6.45) is 3.57. The molecular weight excluding hydrogens is 258 g/mol. The molecule has 1 aromatic heterocycles. The van der Waals surface area contributed by atoms with Crippen molar-refractivity contribution in [2.45, 2.75) is 19.3 Å². The fraction of sp³-hybridized carbons (Fsp3) is 0.385. The van der Waals surface area contributed by atoms with E-state index in [0.717, 1.165) is 43.0 Å². The van der Waals surface area contributed by atoms with E-state index in [4.69, 9.17) is 0 Å². The molecule has 0 amide bonds. The van der Waals surface area contributed by atoms with Crippen LogP contribution in [0.25, 0.3) is 11.3 Å². The molecule has 1 aromatic carbocycles. The monoisotopic (exact) mass is 273 g/mol. The van der Waals surface area contributed by atoms with Gasteiger partial charge in [-0.3, -0.25) is 10.1 Å². The molecule has 7 nitrogen and oxygen atoms in total. The van der Waals surface area contributed by atoms with Crippen LogP contribution in [0.5, 0.6) is 0 Å². The Bertz CT molecular complexity index is 601. The number of aromatic nitrogens is 3. The lowest BCUT2D eigenvalue weighted by molar-refractivity contribution is -0.384. The van der Waals surface area contributed by atoms with Crippen LogP contribution in [0, 0.1) is 10.1 Å². The maximum Gasteiger partial charge on any atom is 0.269 e. The third-order valence-corrected chi connectivity index (χ3v) is 3.54. The highest BCUT2D eigenvalue weighted by Gasteiger charge is 2.19. The van der Waals surface area contributed by atoms with Crippen LogP contribution in [0.15, 0.2) is 24.3 Å². The second-order valence-corrected chi connectivity index (χ2v) is 4.85. The Balaban J connectivity index is 1.90. The molecule has 104 valence electrons. The van der Waals surface area contributed by atoms with Crippen molar-refractivity contribution in [1.29, 1.82) is 0 Å². The Morgan fingerprint density at radius 3 is 2.45 bits per heavy atom. The van der Waals surface area contributed by atoms with Gasteiger partial charge in [-0.05, 0) is 31.4 Å². The number of hydrogen-bond donors (Lipinski definition) is 1. The number of nitrogens with one attached hydrogen (secondary N) is 1. The number of piperidine rings is 1. The maximum atomic E-state index is 10.7. The number of H-pyrrole nitrogens is 1. The highest BCUT2D eigenvalue weighted by atomic mass is 16.6. The van der Waals surface area contributed by atoms with Gasteiger partial charge in [0.1, 0.15) is 5.69 Å². The van der Waals surface area contributed by atoms with Crippen LogP contribution in [0.1, 0.15) is 19.3 Å². The number of hydrogen-bond acceptors (Lipinski definition) is 5. The molecule has 0 aliphatic carbocycles. The third kappa shape index (κ3) is 2.34. The smallest absolute Gasteiger partial charge is 0.269 e. The van der Waals surface area contributed by atoms with Crippen molar-refractivity contribution in [2.24, 2.45) is 0 Å². The maximum absolute atomic E-state index is 10.7. The number of nitro groups is 1. The van der Waals surface area contributed by atoms with Crippen molar-refractivity contribution in [3.05, 3.63) is 34.4 Å². The predicted molar refractivity (Wildman–Crippen MR) is 74.5 cm³/mol. The van der Waals surface area contributed by atoms with Crippen LogP contribution in [-0.4, -0.2) is 33.4 Å². The van der Waals surface area contributed by atoms with Crippen molar-refractivity contribution in [2.75, 3.05) is 18.0 Å². The van der Waals surface area contributed by atoms with Gasteiger partial charge in [0.15, 0.2) is 5.82 Å². The number of nitro benzene ring substituents is 1. The molecule has 1 N–H and O–H groups in total. The minimum absolute atomic E-state index is 0.0803. The van der Waals surface area contributed by atoms with E-state index in [9.17, 15) is 10.1 Å². The van der Waals surface area contributed by atoms with Gasteiger partial charge in [0.05, 0.1) is 4.92 Å². The van der Waals surface area contributed by atoms with E-state index in [0.29, 0.717) is 0 Å². The van der Waals surface area contributed by atoms with E-state index in [1.165, 1.54) is 18.6 Å². The van der Waals surface area contributed by atoms with Crippen molar-refractivity contribution in [3.8, 4) is 11.3 Å². The van der Waals surface area contributed by atoms with Crippen molar-refractivity contribution in [1.82, 2.24) is 15.4 Å². The van der Waals surface area contributed by atoms with Crippen molar-refractivity contribution >= 4 is 11.5 Å². The number of benzene rings is 1. The van der Waals surface area contributed by atoms with Crippen LogP contribution >= 0.6 is 0 Å². The molecule has 0 bridgehead atoms. The highest BCUT2D eigenvalue weighted by Crippen LogP contribution is 2.29. The molecule has 0 radical (unpaired) electrons. The molecule has 1 fully saturated rings. The summed E-state index contributed by atoms with van der Waals surface area (Å²) >= 11 is 0. The van der Waals surface area contributed by atoms with Crippen LogP contribution in [-0.2, 0) is 0 Å². The molecular formula is C13H15N5O2. The van der Waals surface area contributed by atoms with Gasteiger partial charge in [-0.25, -0.2) is 0 Å². The zero-order valence-electron chi connectivity index (χ0n) is 11.0. The molecule has 0 atom stereocenters. The zero-order chi connectivity index (χ0) is 13.9. The van der Waals surface area contributed by atoms with Gasteiger partial charge >= 0.3 is 0 Å².